The van der Waals surface area contributed by atoms with Crippen LogP contribution in [0.15, 0.2) is 36.5 Å². The van der Waals surface area contributed by atoms with Gasteiger partial charge in [0.1, 0.15) is 5.69 Å². The van der Waals surface area contributed by atoms with Crippen LogP contribution in [0.25, 0.3) is 11.3 Å². The number of hydrogen-bond donors (Lipinski definition) is 0. The molecule has 1 aliphatic rings. The Morgan fingerprint density at radius 1 is 0.938 bits per heavy atom. The van der Waals surface area contributed by atoms with E-state index in [-0.39, 0.29) is 0 Å². The van der Waals surface area contributed by atoms with Gasteiger partial charge in [-0.05, 0) is 38.0 Å². The first-order valence-electron chi connectivity index (χ1n) is 12.5. The predicted molar refractivity (Wildman–Crippen MR) is 131 cm³/mol. The highest BCUT2D eigenvalue weighted by Gasteiger charge is 2.12. The van der Waals surface area contributed by atoms with E-state index in [0.29, 0.717) is 30.9 Å². The standard InChI is InChI=1S/C22H32N2O2.C5H10O/c1-4-6-7-9-12-18(3)17-26-22-23-16-20(25-15-5-2)21(24-22)19-13-10-8-11-14-19;1-2-4-6-5-3-1/h8,10-11,13-14,16,18H,4-7,9,12,15,17H2,1-3H3;1-5H2. The molecule has 178 valence electrons. The van der Waals surface area contributed by atoms with E-state index in [1.165, 1.54) is 51.4 Å². The lowest BCUT2D eigenvalue weighted by Crippen LogP contribution is -2.11. The number of nitrogens with zero attached hydrogens (tertiary/aromatic N) is 2. The molecular formula is C27H42N2O3. The smallest absolute Gasteiger partial charge is 0.317 e. The summed E-state index contributed by atoms with van der Waals surface area (Å²) in [5.41, 5.74) is 1.80. The van der Waals surface area contributed by atoms with E-state index >= 15 is 0 Å². The fourth-order valence-corrected chi connectivity index (χ4v) is 3.45. The number of ether oxygens (including phenoxy) is 3. The van der Waals surface area contributed by atoms with Gasteiger partial charge in [-0.2, -0.15) is 9.97 Å². The number of hydrogen-bond acceptors (Lipinski definition) is 5. The van der Waals surface area contributed by atoms with Crippen LogP contribution in [0.4, 0.5) is 0 Å². The monoisotopic (exact) mass is 442 g/mol. The van der Waals surface area contributed by atoms with Crippen LogP contribution in [-0.2, 0) is 4.74 Å². The molecule has 0 radical (unpaired) electrons. The molecule has 2 heterocycles. The molecule has 0 bridgehead atoms. The van der Waals surface area contributed by atoms with E-state index in [9.17, 15) is 0 Å². The van der Waals surface area contributed by atoms with Crippen molar-refractivity contribution in [3.05, 3.63) is 36.5 Å². The molecule has 5 heteroatoms. The van der Waals surface area contributed by atoms with E-state index in [1.807, 2.05) is 30.3 Å². The van der Waals surface area contributed by atoms with Crippen LogP contribution < -0.4 is 9.47 Å². The maximum atomic E-state index is 5.87. The highest BCUT2D eigenvalue weighted by Crippen LogP contribution is 2.29. The number of benzene rings is 1. The largest absolute Gasteiger partial charge is 0.490 e. The molecule has 1 aromatic carbocycles. The molecule has 1 aromatic heterocycles. The Morgan fingerprint density at radius 2 is 1.72 bits per heavy atom. The van der Waals surface area contributed by atoms with Gasteiger partial charge in [0.15, 0.2) is 5.75 Å². The second kappa shape index (κ2) is 16.5. The van der Waals surface area contributed by atoms with Crippen LogP contribution in [0.5, 0.6) is 11.8 Å². The lowest BCUT2D eigenvalue weighted by molar-refractivity contribution is 0.0968. The summed E-state index contributed by atoms with van der Waals surface area (Å²) < 4.78 is 16.8. The zero-order valence-corrected chi connectivity index (χ0v) is 20.4. The van der Waals surface area contributed by atoms with Crippen LogP contribution in [0.3, 0.4) is 0 Å². The summed E-state index contributed by atoms with van der Waals surface area (Å²) in [4.78, 5) is 8.96. The highest BCUT2D eigenvalue weighted by atomic mass is 16.5. The molecule has 0 saturated carbocycles. The third-order valence-electron chi connectivity index (χ3n) is 5.37. The average molecular weight is 443 g/mol. The molecular weight excluding hydrogens is 400 g/mol. The van der Waals surface area contributed by atoms with Gasteiger partial charge in [-0.25, -0.2) is 0 Å². The fraction of sp³-hybridized carbons (Fsp3) is 0.630. The third-order valence-corrected chi connectivity index (χ3v) is 5.37. The summed E-state index contributed by atoms with van der Waals surface area (Å²) >= 11 is 0. The predicted octanol–water partition coefficient (Wildman–Crippen LogP) is 7.10. The first kappa shape index (κ1) is 26.1. The van der Waals surface area contributed by atoms with Crippen LogP contribution in [-0.4, -0.2) is 36.4 Å². The van der Waals surface area contributed by atoms with Gasteiger partial charge in [0, 0.05) is 18.8 Å². The van der Waals surface area contributed by atoms with E-state index in [4.69, 9.17) is 14.2 Å². The molecule has 0 amide bonds. The molecule has 3 rings (SSSR count). The molecule has 32 heavy (non-hydrogen) atoms. The average Bonchev–Trinajstić information content (AvgIpc) is 2.86. The molecule has 1 aliphatic heterocycles. The van der Waals surface area contributed by atoms with Gasteiger partial charge in [-0.1, -0.05) is 76.8 Å². The van der Waals surface area contributed by atoms with Crippen LogP contribution in [0.2, 0.25) is 0 Å². The second-order valence-electron chi connectivity index (χ2n) is 8.52. The van der Waals surface area contributed by atoms with E-state index in [0.717, 1.165) is 30.9 Å². The van der Waals surface area contributed by atoms with Crippen LogP contribution in [0.1, 0.15) is 78.6 Å². The molecule has 0 aliphatic carbocycles. The summed E-state index contributed by atoms with van der Waals surface area (Å²) in [6, 6.07) is 10.5. The molecule has 1 fully saturated rings. The maximum absolute atomic E-state index is 5.87. The zero-order chi connectivity index (χ0) is 22.9. The SMILES string of the molecule is C1CCOCC1.CCCCCCC(C)COc1ncc(OCCC)c(-c2ccccc2)n1. The highest BCUT2D eigenvalue weighted by molar-refractivity contribution is 5.65. The number of aromatic nitrogens is 2. The Labute approximate surface area is 194 Å². The quantitative estimate of drug-likeness (QED) is 0.328. The Bertz CT molecular complexity index is 709. The van der Waals surface area contributed by atoms with Crippen LogP contribution >= 0.6 is 0 Å². The molecule has 0 spiro atoms. The summed E-state index contributed by atoms with van der Waals surface area (Å²) in [5, 5.41) is 0. The van der Waals surface area contributed by atoms with E-state index in [2.05, 4.69) is 30.7 Å². The van der Waals surface area contributed by atoms with Crippen molar-refractivity contribution in [1.82, 2.24) is 9.97 Å². The summed E-state index contributed by atoms with van der Waals surface area (Å²) in [7, 11) is 0. The van der Waals surface area contributed by atoms with Crippen molar-refractivity contribution in [3.8, 4) is 23.0 Å². The molecule has 1 unspecified atom stereocenters. The van der Waals surface area contributed by atoms with Crippen molar-refractivity contribution in [2.24, 2.45) is 5.92 Å². The molecule has 0 N–H and O–H groups in total. The van der Waals surface area contributed by atoms with Crippen molar-refractivity contribution in [2.75, 3.05) is 26.4 Å². The first-order valence-corrected chi connectivity index (χ1v) is 12.5. The maximum Gasteiger partial charge on any atom is 0.317 e. The summed E-state index contributed by atoms with van der Waals surface area (Å²) in [5.74, 6) is 1.21. The van der Waals surface area contributed by atoms with Crippen molar-refractivity contribution < 1.29 is 14.2 Å². The minimum atomic E-state index is 0.424. The molecule has 1 saturated heterocycles. The van der Waals surface area contributed by atoms with Gasteiger partial charge in [0.2, 0.25) is 0 Å². The third kappa shape index (κ3) is 10.4. The Balaban J connectivity index is 0.000000520. The van der Waals surface area contributed by atoms with Crippen molar-refractivity contribution >= 4 is 0 Å². The summed E-state index contributed by atoms with van der Waals surface area (Å²) in [6.45, 7) is 9.85. The van der Waals surface area contributed by atoms with Gasteiger partial charge in [-0.3, -0.25) is 0 Å². The first-order chi connectivity index (χ1) is 15.7. The van der Waals surface area contributed by atoms with Gasteiger partial charge in [0.25, 0.3) is 0 Å². The Kier molecular flexibility index (Phi) is 13.5. The fourth-order valence-electron chi connectivity index (χ4n) is 3.45. The number of unbranched alkanes of at least 4 members (excludes halogenated alkanes) is 3. The zero-order valence-electron chi connectivity index (χ0n) is 20.4. The van der Waals surface area contributed by atoms with Gasteiger partial charge in [-0.15, -0.1) is 0 Å². The van der Waals surface area contributed by atoms with E-state index in [1.54, 1.807) is 6.20 Å². The van der Waals surface area contributed by atoms with Gasteiger partial charge >= 0.3 is 6.01 Å². The van der Waals surface area contributed by atoms with Crippen molar-refractivity contribution in [2.45, 2.75) is 78.6 Å². The molecule has 5 nitrogen and oxygen atoms in total. The normalized spacial score (nSPS) is 14.2. The van der Waals surface area contributed by atoms with Crippen LogP contribution in [0, 0.1) is 5.92 Å². The molecule has 1 atom stereocenters. The Hall–Kier alpha value is -2.14. The van der Waals surface area contributed by atoms with E-state index < -0.39 is 0 Å². The van der Waals surface area contributed by atoms with Gasteiger partial charge < -0.3 is 14.2 Å². The topological polar surface area (TPSA) is 53.5 Å². The lowest BCUT2D eigenvalue weighted by Gasteiger charge is -2.14. The van der Waals surface area contributed by atoms with Gasteiger partial charge in [0.05, 0.1) is 19.4 Å². The van der Waals surface area contributed by atoms with Crippen molar-refractivity contribution in [1.29, 1.82) is 0 Å². The minimum absolute atomic E-state index is 0.424. The molecule has 2 aromatic rings. The summed E-state index contributed by atoms with van der Waals surface area (Å²) in [6.07, 6.45) is 12.9. The van der Waals surface area contributed by atoms with Crippen molar-refractivity contribution in [3.63, 3.8) is 0 Å². The minimum Gasteiger partial charge on any atom is -0.490 e. The Morgan fingerprint density at radius 3 is 2.34 bits per heavy atom. The number of rotatable bonds is 12. The lowest BCUT2D eigenvalue weighted by atomic mass is 10.0. The second-order valence-corrected chi connectivity index (χ2v) is 8.52.